The van der Waals surface area contributed by atoms with Crippen LogP contribution < -0.4 is 5.32 Å². The molecule has 1 aliphatic carbocycles. The number of allylic oxidation sites excluding steroid dienone is 1. The van der Waals surface area contributed by atoms with Gasteiger partial charge in [0.2, 0.25) is 0 Å². The predicted molar refractivity (Wildman–Crippen MR) is 116 cm³/mol. The fourth-order valence-corrected chi connectivity index (χ4v) is 4.31. The number of rotatable bonds is 5. The summed E-state index contributed by atoms with van der Waals surface area (Å²) in [6, 6.07) is 11.7. The first kappa shape index (κ1) is 19.3. The number of pyridine rings is 1. The zero-order chi connectivity index (χ0) is 20.4. The van der Waals surface area contributed by atoms with E-state index < -0.39 is 5.97 Å². The van der Waals surface area contributed by atoms with E-state index in [-0.39, 0.29) is 18.6 Å². The first-order valence-corrected chi connectivity index (χ1v) is 10.5. The number of nitrogens with zero attached hydrogens (tertiary/aromatic N) is 1. The summed E-state index contributed by atoms with van der Waals surface area (Å²) in [6.45, 7) is 3.44. The van der Waals surface area contributed by atoms with Gasteiger partial charge in [-0.2, -0.15) is 0 Å². The SMILES string of the molecule is CC(C)NC(=O)COC(=O)c1c2c(nc3ccccc13)/C(=C/c1cccs1)CC2. The van der Waals surface area contributed by atoms with Crippen molar-refractivity contribution in [3.05, 3.63) is 63.5 Å². The molecule has 29 heavy (non-hydrogen) atoms. The third kappa shape index (κ3) is 4.07. The normalized spacial score (nSPS) is 14.4. The molecule has 3 aromatic rings. The Bertz CT molecular complexity index is 1100. The molecule has 1 aromatic carbocycles. The molecule has 4 rings (SSSR count). The summed E-state index contributed by atoms with van der Waals surface area (Å²) in [7, 11) is 0. The van der Waals surface area contributed by atoms with Gasteiger partial charge in [-0.15, -0.1) is 11.3 Å². The molecule has 0 saturated carbocycles. The number of amides is 1. The Morgan fingerprint density at radius 2 is 2.03 bits per heavy atom. The third-order valence-corrected chi connectivity index (χ3v) is 5.61. The second-order valence-electron chi connectivity index (χ2n) is 7.31. The molecule has 1 amide bonds. The molecule has 0 fully saturated rings. The van der Waals surface area contributed by atoms with Crippen LogP contribution in [-0.2, 0) is 16.0 Å². The Hall–Kier alpha value is -2.99. The van der Waals surface area contributed by atoms with Gasteiger partial charge in [0.15, 0.2) is 6.61 Å². The minimum absolute atomic E-state index is 0.00264. The third-order valence-electron chi connectivity index (χ3n) is 4.79. The second-order valence-corrected chi connectivity index (χ2v) is 8.29. The van der Waals surface area contributed by atoms with Crippen LogP contribution in [0, 0.1) is 0 Å². The number of benzene rings is 1. The number of para-hydroxylation sites is 1. The van der Waals surface area contributed by atoms with E-state index in [1.165, 1.54) is 0 Å². The molecule has 5 nitrogen and oxygen atoms in total. The summed E-state index contributed by atoms with van der Waals surface area (Å²) >= 11 is 1.67. The number of thiophene rings is 1. The van der Waals surface area contributed by atoms with Crippen LogP contribution in [0.1, 0.15) is 46.8 Å². The summed E-state index contributed by atoms with van der Waals surface area (Å²) in [5.74, 6) is -0.780. The van der Waals surface area contributed by atoms with Gasteiger partial charge in [0, 0.05) is 16.3 Å². The van der Waals surface area contributed by atoms with Crippen LogP contribution in [0.4, 0.5) is 0 Å². The van der Waals surface area contributed by atoms with E-state index >= 15 is 0 Å². The summed E-state index contributed by atoms with van der Waals surface area (Å²) in [6.07, 6.45) is 3.70. The molecule has 6 heteroatoms. The van der Waals surface area contributed by atoms with Gasteiger partial charge in [-0.3, -0.25) is 4.79 Å². The molecule has 2 aromatic heterocycles. The largest absolute Gasteiger partial charge is 0.452 e. The van der Waals surface area contributed by atoms with Gasteiger partial charge in [-0.1, -0.05) is 24.3 Å². The van der Waals surface area contributed by atoms with E-state index in [0.717, 1.165) is 45.5 Å². The van der Waals surface area contributed by atoms with Gasteiger partial charge < -0.3 is 10.1 Å². The highest BCUT2D eigenvalue weighted by Gasteiger charge is 2.28. The zero-order valence-electron chi connectivity index (χ0n) is 16.4. The van der Waals surface area contributed by atoms with Gasteiger partial charge in [0.1, 0.15) is 0 Å². The topological polar surface area (TPSA) is 68.3 Å². The highest BCUT2D eigenvalue weighted by Crippen LogP contribution is 2.38. The van der Waals surface area contributed by atoms with E-state index in [0.29, 0.717) is 5.56 Å². The Morgan fingerprint density at radius 3 is 2.79 bits per heavy atom. The van der Waals surface area contributed by atoms with Crippen LogP contribution in [0.15, 0.2) is 41.8 Å². The first-order valence-electron chi connectivity index (χ1n) is 9.65. The van der Waals surface area contributed by atoms with Crippen molar-refractivity contribution in [1.82, 2.24) is 10.3 Å². The number of ether oxygens (including phenoxy) is 1. The van der Waals surface area contributed by atoms with Gasteiger partial charge in [0.25, 0.3) is 5.91 Å². The number of carbonyl (C=O) groups excluding carboxylic acids is 2. The van der Waals surface area contributed by atoms with E-state index in [1.54, 1.807) is 11.3 Å². The Labute approximate surface area is 173 Å². The zero-order valence-corrected chi connectivity index (χ0v) is 17.2. The maximum atomic E-state index is 13.0. The summed E-state index contributed by atoms with van der Waals surface area (Å²) in [5, 5.41) is 5.54. The number of aromatic nitrogens is 1. The number of carbonyl (C=O) groups is 2. The number of hydrogen-bond acceptors (Lipinski definition) is 5. The van der Waals surface area contributed by atoms with Crippen molar-refractivity contribution in [2.45, 2.75) is 32.7 Å². The van der Waals surface area contributed by atoms with Crippen LogP contribution in [0.25, 0.3) is 22.6 Å². The Kier molecular flexibility index (Phi) is 5.45. The molecule has 0 unspecified atom stereocenters. The molecule has 0 radical (unpaired) electrons. The molecule has 0 spiro atoms. The lowest BCUT2D eigenvalue weighted by Crippen LogP contribution is -2.34. The molecule has 2 heterocycles. The Balaban J connectivity index is 1.72. The van der Waals surface area contributed by atoms with Crippen molar-refractivity contribution >= 4 is 45.8 Å². The molecule has 1 aliphatic rings. The fraction of sp³-hybridized carbons (Fsp3) is 0.261. The summed E-state index contributed by atoms with van der Waals surface area (Å²) in [5.41, 5.74) is 4.16. The number of nitrogens with one attached hydrogen (secondary N) is 1. The van der Waals surface area contributed by atoms with Crippen molar-refractivity contribution in [2.75, 3.05) is 6.61 Å². The average molecular weight is 407 g/mol. The minimum atomic E-state index is -0.476. The molecular formula is C23H22N2O3S. The lowest BCUT2D eigenvalue weighted by atomic mass is 10.0. The second kappa shape index (κ2) is 8.17. The minimum Gasteiger partial charge on any atom is -0.452 e. The molecule has 0 saturated heterocycles. The molecular weight excluding hydrogens is 384 g/mol. The monoisotopic (exact) mass is 406 g/mol. The highest BCUT2D eigenvalue weighted by molar-refractivity contribution is 7.10. The molecule has 1 N–H and O–H groups in total. The van der Waals surface area contributed by atoms with Crippen LogP contribution >= 0.6 is 11.3 Å². The van der Waals surface area contributed by atoms with Crippen molar-refractivity contribution in [3.8, 4) is 0 Å². The molecule has 0 aliphatic heterocycles. The van der Waals surface area contributed by atoms with Gasteiger partial charge in [0.05, 0.1) is 16.8 Å². The van der Waals surface area contributed by atoms with Crippen molar-refractivity contribution in [3.63, 3.8) is 0 Å². The van der Waals surface area contributed by atoms with E-state index in [4.69, 9.17) is 9.72 Å². The van der Waals surface area contributed by atoms with E-state index in [2.05, 4.69) is 17.5 Å². The maximum absolute atomic E-state index is 13.0. The quantitative estimate of drug-likeness (QED) is 0.635. The molecule has 148 valence electrons. The van der Waals surface area contributed by atoms with E-state index in [9.17, 15) is 9.59 Å². The van der Waals surface area contributed by atoms with Gasteiger partial charge >= 0.3 is 5.97 Å². The van der Waals surface area contributed by atoms with Crippen LogP contribution in [0.2, 0.25) is 0 Å². The maximum Gasteiger partial charge on any atom is 0.339 e. The van der Waals surface area contributed by atoms with Crippen molar-refractivity contribution in [2.24, 2.45) is 0 Å². The standard InChI is InChI=1S/C23H22N2O3S/c1-14(2)24-20(26)13-28-23(27)21-17-7-3-4-8-19(17)25-22-15(9-10-18(21)22)12-16-6-5-11-29-16/h3-8,11-12,14H,9-10,13H2,1-2H3,(H,24,26)/b15-12+. The summed E-state index contributed by atoms with van der Waals surface area (Å²) in [4.78, 5) is 30.9. The lowest BCUT2D eigenvalue weighted by Gasteiger charge is -2.13. The van der Waals surface area contributed by atoms with Crippen LogP contribution in [0.5, 0.6) is 0 Å². The van der Waals surface area contributed by atoms with Crippen LogP contribution in [0.3, 0.4) is 0 Å². The summed E-state index contributed by atoms with van der Waals surface area (Å²) < 4.78 is 5.37. The number of hydrogen-bond donors (Lipinski definition) is 1. The molecule has 0 atom stereocenters. The fourth-order valence-electron chi connectivity index (χ4n) is 3.62. The highest BCUT2D eigenvalue weighted by atomic mass is 32.1. The van der Waals surface area contributed by atoms with Crippen molar-refractivity contribution < 1.29 is 14.3 Å². The van der Waals surface area contributed by atoms with Crippen LogP contribution in [-0.4, -0.2) is 29.5 Å². The number of esters is 1. The molecule has 0 bridgehead atoms. The lowest BCUT2D eigenvalue weighted by molar-refractivity contribution is -0.124. The smallest absolute Gasteiger partial charge is 0.339 e. The van der Waals surface area contributed by atoms with E-state index in [1.807, 2.05) is 49.6 Å². The van der Waals surface area contributed by atoms with Gasteiger partial charge in [-0.05, 0) is 61.4 Å². The number of fused-ring (bicyclic) bond motifs is 2. The Morgan fingerprint density at radius 1 is 1.21 bits per heavy atom. The first-order chi connectivity index (χ1) is 14.0. The van der Waals surface area contributed by atoms with Crippen molar-refractivity contribution in [1.29, 1.82) is 0 Å². The predicted octanol–water partition coefficient (Wildman–Crippen LogP) is 4.46. The average Bonchev–Trinajstić information content (AvgIpc) is 3.34. The van der Waals surface area contributed by atoms with Gasteiger partial charge in [-0.25, -0.2) is 9.78 Å².